The Bertz CT molecular complexity index is 882. The molecule has 5 nitrogen and oxygen atoms in total. The summed E-state index contributed by atoms with van der Waals surface area (Å²) in [6.45, 7) is 4.33. The first-order valence-electron chi connectivity index (χ1n) is 8.08. The molecule has 0 fully saturated rings. The van der Waals surface area contributed by atoms with Crippen LogP contribution in [0.15, 0.2) is 58.3 Å². The zero-order chi connectivity index (χ0) is 18.0. The summed E-state index contributed by atoms with van der Waals surface area (Å²) in [5.74, 6) is 0.725. The van der Waals surface area contributed by atoms with Crippen molar-refractivity contribution in [3.63, 3.8) is 0 Å². The number of thioether (sulfide) groups is 1. The molecule has 1 aliphatic rings. The van der Waals surface area contributed by atoms with Crippen molar-refractivity contribution < 1.29 is 13.2 Å². The molecule has 2 aromatic carbocycles. The van der Waals surface area contributed by atoms with E-state index in [4.69, 9.17) is 0 Å². The van der Waals surface area contributed by atoms with Crippen LogP contribution in [0.2, 0.25) is 0 Å². The first kappa shape index (κ1) is 17.8. The van der Waals surface area contributed by atoms with Gasteiger partial charge in [-0.05, 0) is 37.3 Å². The number of carbonyl (C=O) groups excluding carboxylic acids is 1. The minimum atomic E-state index is -3.66. The van der Waals surface area contributed by atoms with Crippen LogP contribution in [0.3, 0.4) is 0 Å². The second-order valence-corrected chi connectivity index (χ2v) is 8.65. The zero-order valence-corrected chi connectivity index (χ0v) is 15.8. The van der Waals surface area contributed by atoms with Gasteiger partial charge in [-0.25, -0.2) is 8.42 Å². The Morgan fingerprint density at radius 1 is 1.20 bits per heavy atom. The monoisotopic (exact) mass is 376 g/mol. The van der Waals surface area contributed by atoms with Crippen molar-refractivity contribution in [3.8, 4) is 0 Å². The number of anilines is 2. The van der Waals surface area contributed by atoms with Crippen molar-refractivity contribution in [1.29, 1.82) is 0 Å². The van der Waals surface area contributed by atoms with Gasteiger partial charge in [0.05, 0.1) is 16.3 Å². The van der Waals surface area contributed by atoms with E-state index in [2.05, 4.69) is 0 Å². The van der Waals surface area contributed by atoms with E-state index in [1.165, 1.54) is 11.2 Å². The molecule has 0 unspecified atom stereocenters. The summed E-state index contributed by atoms with van der Waals surface area (Å²) in [7, 11) is -3.66. The third-order valence-corrected chi connectivity index (χ3v) is 7.02. The summed E-state index contributed by atoms with van der Waals surface area (Å²) < 4.78 is 27.6. The lowest BCUT2D eigenvalue weighted by molar-refractivity contribution is -0.116. The summed E-state index contributed by atoms with van der Waals surface area (Å²) >= 11 is 1.58. The highest BCUT2D eigenvalue weighted by Crippen LogP contribution is 2.37. The van der Waals surface area contributed by atoms with E-state index in [9.17, 15) is 13.2 Å². The molecule has 1 amide bonds. The van der Waals surface area contributed by atoms with Crippen LogP contribution >= 0.6 is 11.8 Å². The molecule has 0 bridgehead atoms. The van der Waals surface area contributed by atoms with Crippen molar-refractivity contribution in [1.82, 2.24) is 0 Å². The maximum absolute atomic E-state index is 13.1. The normalized spacial score (nSPS) is 14.1. The predicted octanol–water partition coefficient (Wildman–Crippen LogP) is 3.36. The van der Waals surface area contributed by atoms with Crippen molar-refractivity contribution in [3.05, 3.63) is 48.5 Å². The molecular formula is C18H20N2O3S2. The van der Waals surface area contributed by atoms with Crippen LogP contribution in [0.1, 0.15) is 13.8 Å². The van der Waals surface area contributed by atoms with E-state index in [1.807, 2.05) is 25.1 Å². The Morgan fingerprint density at radius 2 is 1.92 bits per heavy atom. The minimum Gasteiger partial charge on any atom is -0.311 e. The van der Waals surface area contributed by atoms with Crippen LogP contribution in [-0.4, -0.2) is 33.2 Å². The molecule has 0 N–H and O–H groups in total. The molecule has 2 aromatic rings. The first-order valence-corrected chi connectivity index (χ1v) is 10.5. The highest BCUT2D eigenvalue weighted by molar-refractivity contribution is 7.99. The summed E-state index contributed by atoms with van der Waals surface area (Å²) in [5.41, 5.74) is 1.42. The summed E-state index contributed by atoms with van der Waals surface area (Å²) in [6, 6.07) is 14.1. The molecule has 0 aliphatic carbocycles. The highest BCUT2D eigenvalue weighted by Gasteiger charge is 2.27. The Balaban J connectivity index is 2.02. The second-order valence-electron chi connectivity index (χ2n) is 5.65. The molecule has 0 aromatic heterocycles. The number of rotatable bonds is 4. The van der Waals surface area contributed by atoms with Crippen LogP contribution < -0.4 is 9.21 Å². The Labute approximate surface area is 152 Å². The molecule has 0 spiro atoms. The van der Waals surface area contributed by atoms with E-state index in [0.717, 1.165) is 16.3 Å². The molecule has 0 saturated carbocycles. The lowest BCUT2D eigenvalue weighted by Gasteiger charge is -2.29. The molecule has 1 heterocycles. The van der Waals surface area contributed by atoms with Gasteiger partial charge in [0.2, 0.25) is 5.91 Å². The van der Waals surface area contributed by atoms with Gasteiger partial charge >= 0.3 is 0 Å². The maximum atomic E-state index is 13.1. The molecule has 3 rings (SSSR count). The van der Waals surface area contributed by atoms with Crippen molar-refractivity contribution >= 4 is 39.1 Å². The van der Waals surface area contributed by atoms with Gasteiger partial charge in [-0.1, -0.05) is 18.2 Å². The molecule has 7 heteroatoms. The van der Waals surface area contributed by atoms with Crippen molar-refractivity contribution in [2.45, 2.75) is 23.6 Å². The fourth-order valence-electron chi connectivity index (χ4n) is 2.90. The quantitative estimate of drug-likeness (QED) is 0.821. The average molecular weight is 377 g/mol. The van der Waals surface area contributed by atoms with Gasteiger partial charge in [0.15, 0.2) is 0 Å². The van der Waals surface area contributed by atoms with Crippen LogP contribution in [0.25, 0.3) is 0 Å². The summed E-state index contributed by atoms with van der Waals surface area (Å²) in [4.78, 5) is 14.5. The van der Waals surface area contributed by atoms with Gasteiger partial charge < -0.3 is 4.90 Å². The largest absolute Gasteiger partial charge is 0.311 e. The first-order chi connectivity index (χ1) is 11.9. The lowest BCUT2D eigenvalue weighted by Crippen LogP contribution is -2.34. The highest BCUT2D eigenvalue weighted by atomic mass is 32.2. The average Bonchev–Trinajstić information content (AvgIpc) is 2.62. The minimum absolute atomic E-state index is 0.0309. The molecule has 0 radical (unpaired) electrons. The molecule has 1 aliphatic heterocycles. The maximum Gasteiger partial charge on any atom is 0.264 e. The Kier molecular flexibility index (Phi) is 5.06. The van der Waals surface area contributed by atoms with Gasteiger partial charge in [0.25, 0.3) is 10.0 Å². The third-order valence-electron chi connectivity index (χ3n) is 4.09. The molecule has 0 atom stereocenters. The van der Waals surface area contributed by atoms with Gasteiger partial charge in [-0.2, -0.15) is 0 Å². The fourth-order valence-corrected chi connectivity index (χ4v) is 5.51. The zero-order valence-electron chi connectivity index (χ0n) is 14.2. The number of amides is 1. The lowest BCUT2D eigenvalue weighted by atomic mass is 10.2. The number of benzene rings is 2. The molecule has 132 valence electrons. The van der Waals surface area contributed by atoms with Crippen LogP contribution in [0.5, 0.6) is 0 Å². The van der Waals surface area contributed by atoms with E-state index in [0.29, 0.717) is 18.8 Å². The van der Waals surface area contributed by atoms with Gasteiger partial charge in [-0.15, -0.1) is 11.8 Å². The van der Waals surface area contributed by atoms with E-state index in [1.54, 1.807) is 47.0 Å². The van der Waals surface area contributed by atoms with Crippen molar-refractivity contribution in [2.24, 2.45) is 0 Å². The van der Waals surface area contributed by atoms with E-state index < -0.39 is 10.0 Å². The smallest absolute Gasteiger partial charge is 0.264 e. The third kappa shape index (κ3) is 3.39. The van der Waals surface area contributed by atoms with E-state index >= 15 is 0 Å². The predicted molar refractivity (Wildman–Crippen MR) is 102 cm³/mol. The number of nitrogens with zero attached hydrogens (tertiary/aromatic N) is 2. The Hall–Kier alpha value is -1.99. The summed E-state index contributed by atoms with van der Waals surface area (Å²) in [5, 5.41) is 0. The van der Waals surface area contributed by atoms with Crippen LogP contribution in [0, 0.1) is 0 Å². The standard InChI is InChI=1S/C18H20N2O3S2/c1-3-20(15-7-5-4-6-8-15)25(22,23)16-9-10-17-18(13-16)24-12-11-19(17)14(2)21/h4-10,13H,3,11-12H2,1-2H3. The van der Waals surface area contributed by atoms with Gasteiger partial charge in [0.1, 0.15) is 0 Å². The van der Waals surface area contributed by atoms with Gasteiger partial charge in [-0.3, -0.25) is 9.10 Å². The second kappa shape index (κ2) is 7.09. The number of hydrogen-bond acceptors (Lipinski definition) is 4. The molecular weight excluding hydrogens is 356 g/mol. The number of hydrogen-bond donors (Lipinski definition) is 0. The van der Waals surface area contributed by atoms with Crippen molar-refractivity contribution in [2.75, 3.05) is 28.0 Å². The molecule has 25 heavy (non-hydrogen) atoms. The summed E-state index contributed by atoms with van der Waals surface area (Å²) in [6.07, 6.45) is 0. The SMILES string of the molecule is CCN(c1ccccc1)S(=O)(=O)c1ccc2c(c1)SCCN2C(C)=O. The number of sulfonamides is 1. The van der Waals surface area contributed by atoms with Gasteiger partial charge in [0, 0.05) is 30.7 Å². The number of para-hydroxylation sites is 1. The fraction of sp³-hybridized carbons (Fsp3) is 0.278. The number of carbonyl (C=O) groups is 1. The van der Waals surface area contributed by atoms with E-state index in [-0.39, 0.29) is 10.8 Å². The topological polar surface area (TPSA) is 57.7 Å². The Morgan fingerprint density at radius 3 is 2.56 bits per heavy atom. The van der Waals surface area contributed by atoms with Crippen LogP contribution in [-0.2, 0) is 14.8 Å². The molecule has 0 saturated heterocycles. The number of fused-ring (bicyclic) bond motifs is 1. The van der Waals surface area contributed by atoms with Crippen LogP contribution in [0.4, 0.5) is 11.4 Å².